The maximum atomic E-state index is 10.9. The van der Waals surface area contributed by atoms with Crippen molar-refractivity contribution >= 4 is 58.3 Å². The molecule has 0 radical (unpaired) electrons. The number of carbonyl (C=O) groups is 1. The van der Waals surface area contributed by atoms with E-state index in [2.05, 4.69) is 60.3 Å². The van der Waals surface area contributed by atoms with Crippen LogP contribution in [0.3, 0.4) is 0 Å². The van der Waals surface area contributed by atoms with Gasteiger partial charge >= 0.3 is 0 Å². The summed E-state index contributed by atoms with van der Waals surface area (Å²) in [5.74, 6) is 0.559. The summed E-state index contributed by atoms with van der Waals surface area (Å²) in [5.41, 5.74) is 2.83. The van der Waals surface area contributed by atoms with Crippen molar-refractivity contribution in [2.75, 3.05) is 11.9 Å². The number of hydrogen-bond donors (Lipinski definition) is 1. The van der Waals surface area contributed by atoms with Crippen molar-refractivity contribution in [3.05, 3.63) is 41.2 Å². The second kappa shape index (κ2) is 8.98. The zero-order chi connectivity index (χ0) is 22.0. The van der Waals surface area contributed by atoms with Gasteiger partial charge in [0.25, 0.3) is 0 Å². The van der Waals surface area contributed by atoms with Gasteiger partial charge in [0, 0.05) is 38.7 Å². The van der Waals surface area contributed by atoms with Crippen LogP contribution in [0.1, 0.15) is 10.5 Å². The number of ether oxygens (including phenoxy) is 1. The van der Waals surface area contributed by atoms with Crippen LogP contribution in [0.5, 0.6) is 0 Å². The lowest BCUT2D eigenvalue weighted by molar-refractivity contribution is 0.0786. The first-order chi connectivity index (χ1) is 14.8. The van der Waals surface area contributed by atoms with Crippen molar-refractivity contribution in [2.24, 2.45) is 0 Å². The van der Waals surface area contributed by atoms with Crippen molar-refractivity contribution in [2.45, 2.75) is 32.4 Å². The predicted octanol–water partition coefficient (Wildman–Crippen LogP) is 4.68. The molecule has 0 unspecified atom stereocenters. The SMILES string of the molecule is C[Si](C)(C)CCOCn1cc(-c2cnc3c(Nc4cc(C=O)ns4)nc(Br)cn23)cn1. The van der Waals surface area contributed by atoms with Crippen LogP contribution in [-0.4, -0.2) is 49.5 Å². The van der Waals surface area contributed by atoms with Crippen molar-refractivity contribution < 1.29 is 9.53 Å². The molecule has 0 amide bonds. The lowest BCUT2D eigenvalue weighted by Crippen LogP contribution is -2.22. The molecule has 0 spiro atoms. The summed E-state index contributed by atoms with van der Waals surface area (Å²) in [6.45, 7) is 8.17. The van der Waals surface area contributed by atoms with Crippen LogP contribution in [-0.2, 0) is 11.5 Å². The number of aldehydes is 1. The Balaban J connectivity index is 1.54. The maximum Gasteiger partial charge on any atom is 0.181 e. The van der Waals surface area contributed by atoms with E-state index in [0.717, 1.165) is 23.9 Å². The number of nitrogens with one attached hydrogen (secondary N) is 1. The van der Waals surface area contributed by atoms with E-state index in [4.69, 9.17) is 4.74 Å². The fraction of sp³-hybridized carbons (Fsp3) is 0.316. The smallest absolute Gasteiger partial charge is 0.181 e. The zero-order valence-corrected chi connectivity index (χ0v) is 20.8. The van der Waals surface area contributed by atoms with Crippen molar-refractivity contribution in [3.8, 4) is 11.3 Å². The molecule has 4 aromatic heterocycles. The van der Waals surface area contributed by atoms with E-state index in [1.165, 1.54) is 11.5 Å². The highest BCUT2D eigenvalue weighted by Crippen LogP contribution is 2.28. The second-order valence-electron chi connectivity index (χ2n) is 8.22. The van der Waals surface area contributed by atoms with Crippen LogP contribution in [0.2, 0.25) is 25.7 Å². The summed E-state index contributed by atoms with van der Waals surface area (Å²) in [7, 11) is -1.11. The third-order valence-electron chi connectivity index (χ3n) is 4.50. The summed E-state index contributed by atoms with van der Waals surface area (Å²) in [6.07, 6.45) is 8.09. The zero-order valence-electron chi connectivity index (χ0n) is 17.4. The standard InChI is InChI=1S/C19H22BrN7O2SSi/c1-31(2,3)5-4-29-12-26-9-13(7-22-26)15-8-21-19-18(23-16(20)10-27(15)19)24-17-6-14(11-28)25-30-17/h6-11H,4-5,12H2,1-3H3,(H,23,24). The second-order valence-corrected chi connectivity index (χ2v) is 15.5. The molecule has 0 bridgehead atoms. The molecule has 4 rings (SSSR count). The molecule has 4 heterocycles. The lowest BCUT2D eigenvalue weighted by Gasteiger charge is -2.15. The Bertz CT molecular complexity index is 1210. The molecule has 0 aliphatic carbocycles. The fourth-order valence-electron chi connectivity index (χ4n) is 2.88. The van der Waals surface area contributed by atoms with Gasteiger partial charge in [0.15, 0.2) is 17.8 Å². The molecule has 0 aliphatic rings. The highest BCUT2D eigenvalue weighted by atomic mass is 79.9. The van der Waals surface area contributed by atoms with Gasteiger partial charge < -0.3 is 10.1 Å². The van der Waals surface area contributed by atoms with Gasteiger partial charge in [-0.3, -0.25) is 9.20 Å². The van der Waals surface area contributed by atoms with E-state index < -0.39 is 8.07 Å². The quantitative estimate of drug-likeness (QED) is 0.194. The van der Waals surface area contributed by atoms with E-state index in [0.29, 0.717) is 39.8 Å². The number of fused-ring (bicyclic) bond motifs is 1. The van der Waals surface area contributed by atoms with Crippen LogP contribution in [0.15, 0.2) is 35.5 Å². The van der Waals surface area contributed by atoms with Crippen molar-refractivity contribution in [1.82, 2.24) is 28.5 Å². The van der Waals surface area contributed by atoms with E-state index in [-0.39, 0.29) is 0 Å². The van der Waals surface area contributed by atoms with Crippen LogP contribution in [0, 0.1) is 0 Å². The average molecular weight is 520 g/mol. The normalized spacial score (nSPS) is 11.9. The Morgan fingerprint density at radius 3 is 2.87 bits per heavy atom. The number of rotatable bonds is 9. The van der Waals surface area contributed by atoms with Gasteiger partial charge in [0.1, 0.15) is 22.0 Å². The Kier molecular flexibility index (Phi) is 6.32. The number of hydrogen-bond acceptors (Lipinski definition) is 8. The minimum Gasteiger partial charge on any atom is -0.360 e. The number of imidazole rings is 1. The Hall–Kier alpha value is -2.41. The van der Waals surface area contributed by atoms with Gasteiger partial charge in [-0.2, -0.15) is 9.47 Å². The minimum absolute atomic E-state index is 0.377. The molecule has 162 valence electrons. The van der Waals surface area contributed by atoms with Gasteiger partial charge in [0.2, 0.25) is 0 Å². The summed E-state index contributed by atoms with van der Waals surface area (Å²) >= 11 is 4.66. The highest BCUT2D eigenvalue weighted by Gasteiger charge is 2.15. The number of carbonyl (C=O) groups excluding carboxylic acids is 1. The first-order valence-electron chi connectivity index (χ1n) is 9.65. The molecule has 12 heteroatoms. The van der Waals surface area contributed by atoms with Crippen LogP contribution < -0.4 is 5.32 Å². The molecule has 0 saturated carbocycles. The fourth-order valence-corrected chi connectivity index (χ4v) is 4.63. The predicted molar refractivity (Wildman–Crippen MR) is 127 cm³/mol. The maximum absolute atomic E-state index is 10.9. The third kappa shape index (κ3) is 5.26. The summed E-state index contributed by atoms with van der Waals surface area (Å²) in [5, 5.41) is 8.32. The molecule has 0 saturated heterocycles. The van der Waals surface area contributed by atoms with Crippen LogP contribution in [0.4, 0.5) is 10.8 Å². The van der Waals surface area contributed by atoms with E-state index in [1.54, 1.807) is 23.1 Å². The number of halogens is 1. The topological polar surface area (TPSA) is 99.2 Å². The third-order valence-corrected chi connectivity index (χ3v) is 7.31. The van der Waals surface area contributed by atoms with Crippen LogP contribution >= 0.6 is 27.5 Å². The molecule has 0 aliphatic heterocycles. The van der Waals surface area contributed by atoms with Gasteiger partial charge in [-0.1, -0.05) is 19.6 Å². The molecule has 0 aromatic carbocycles. The van der Waals surface area contributed by atoms with E-state index >= 15 is 0 Å². The van der Waals surface area contributed by atoms with Gasteiger partial charge in [-0.25, -0.2) is 14.6 Å². The number of aromatic nitrogens is 6. The molecule has 0 atom stereocenters. The average Bonchev–Trinajstić information content (AvgIpc) is 3.43. The Morgan fingerprint density at radius 2 is 2.13 bits per heavy atom. The molecule has 31 heavy (non-hydrogen) atoms. The highest BCUT2D eigenvalue weighted by molar-refractivity contribution is 9.10. The molecular formula is C19H22BrN7O2SSi. The van der Waals surface area contributed by atoms with Gasteiger partial charge in [0.05, 0.1) is 18.1 Å². The minimum atomic E-state index is -1.11. The number of nitrogens with zero attached hydrogens (tertiary/aromatic N) is 6. The molecule has 1 N–H and O–H groups in total. The Morgan fingerprint density at radius 1 is 1.29 bits per heavy atom. The van der Waals surface area contributed by atoms with Gasteiger partial charge in [-0.15, -0.1) is 0 Å². The number of anilines is 2. The van der Waals surface area contributed by atoms with E-state index in [9.17, 15) is 4.79 Å². The van der Waals surface area contributed by atoms with Crippen molar-refractivity contribution in [1.29, 1.82) is 0 Å². The van der Waals surface area contributed by atoms with Crippen LogP contribution in [0.25, 0.3) is 16.9 Å². The lowest BCUT2D eigenvalue weighted by atomic mass is 10.3. The summed E-state index contributed by atoms with van der Waals surface area (Å²) < 4.78 is 14.2. The van der Waals surface area contributed by atoms with Gasteiger partial charge in [-0.05, 0) is 33.5 Å². The van der Waals surface area contributed by atoms with E-state index in [1.807, 2.05) is 16.8 Å². The van der Waals surface area contributed by atoms with Crippen molar-refractivity contribution in [3.63, 3.8) is 0 Å². The monoisotopic (exact) mass is 519 g/mol. The molecule has 9 nitrogen and oxygen atoms in total. The first-order valence-corrected chi connectivity index (χ1v) is 14.9. The first kappa shape index (κ1) is 21.8. The molecular weight excluding hydrogens is 498 g/mol. The summed E-state index contributed by atoms with van der Waals surface area (Å²) in [4.78, 5) is 19.9. The summed E-state index contributed by atoms with van der Waals surface area (Å²) in [6, 6.07) is 2.80. The Labute approximate surface area is 192 Å². The molecule has 4 aromatic rings. The molecule has 0 fully saturated rings. The largest absolute Gasteiger partial charge is 0.360 e.